The molecule has 2 saturated heterocycles. The van der Waals surface area contributed by atoms with E-state index in [0.717, 1.165) is 13.2 Å². The van der Waals surface area contributed by atoms with Gasteiger partial charge < -0.3 is 68.3 Å². The van der Waals surface area contributed by atoms with E-state index in [1.807, 2.05) is 0 Å². The summed E-state index contributed by atoms with van der Waals surface area (Å²) >= 11 is 0. The van der Waals surface area contributed by atoms with Gasteiger partial charge in [-0.2, -0.15) is 0 Å². The number of hydrogen-bond donors (Lipinski definition) is 5. The fraction of sp³-hybridized carbons (Fsp3) is 0.615. The van der Waals surface area contributed by atoms with Crippen molar-refractivity contribution in [2.45, 2.75) is 112 Å². The number of phenolic OH excluding ortho intramolecular Hbond substituents is 2. The molecule has 2 aromatic carbocycles. The molecule has 2 aromatic rings. The molecule has 17 nitrogen and oxygen atoms in total. The molecular weight excluding hydrogens is 738 g/mol. The number of esters is 1. The van der Waals surface area contributed by atoms with Crippen LogP contribution in [0.5, 0.6) is 17.2 Å². The molecule has 2 aliphatic carbocycles. The van der Waals surface area contributed by atoms with E-state index in [0.29, 0.717) is 0 Å². The number of aromatic hydroxyl groups is 2. The van der Waals surface area contributed by atoms with Crippen LogP contribution in [0, 0.1) is 0 Å². The lowest BCUT2D eigenvalue weighted by molar-refractivity contribution is -0.345. The third-order valence-electron chi connectivity index (χ3n) is 12.5. The lowest BCUT2D eigenvalue weighted by Gasteiger charge is -2.53. The monoisotopic (exact) mass is 787 g/mol. The third-order valence-corrected chi connectivity index (χ3v) is 12.5. The van der Waals surface area contributed by atoms with Crippen molar-refractivity contribution in [3.05, 3.63) is 51.1 Å². The first-order valence-electron chi connectivity index (χ1n) is 18.2. The zero-order chi connectivity index (χ0) is 41.1. The van der Waals surface area contributed by atoms with Gasteiger partial charge in [0.2, 0.25) is 12.1 Å². The number of carbonyl (C=O) groups excluding carboxylic acids is 3. The second-order valence-corrected chi connectivity index (χ2v) is 16.0. The highest BCUT2D eigenvalue weighted by Gasteiger charge is 2.60. The Morgan fingerprint density at radius 3 is 2.20 bits per heavy atom. The van der Waals surface area contributed by atoms with Crippen molar-refractivity contribution in [3.8, 4) is 17.2 Å². The predicted molar refractivity (Wildman–Crippen MR) is 191 cm³/mol. The first-order valence-corrected chi connectivity index (χ1v) is 18.2. The van der Waals surface area contributed by atoms with Gasteiger partial charge in [-0.1, -0.05) is 0 Å². The number of methoxy groups -OCH3 is 4. The van der Waals surface area contributed by atoms with E-state index in [1.165, 1.54) is 41.2 Å². The van der Waals surface area contributed by atoms with Crippen molar-refractivity contribution in [1.29, 1.82) is 0 Å². The number of aliphatic hydroxyl groups excluding tert-OH is 2. The van der Waals surface area contributed by atoms with Gasteiger partial charge in [-0.15, -0.1) is 0 Å². The summed E-state index contributed by atoms with van der Waals surface area (Å²) in [6, 6.07) is 1.50. The maximum absolute atomic E-state index is 14.8. The van der Waals surface area contributed by atoms with E-state index in [-0.39, 0.29) is 34.4 Å². The Kier molecular flexibility index (Phi) is 9.88. The summed E-state index contributed by atoms with van der Waals surface area (Å²) in [5.41, 5.74) is -6.55. The van der Waals surface area contributed by atoms with Gasteiger partial charge in [0.25, 0.3) is 0 Å². The molecule has 306 valence electrons. The number of carbonyl (C=O) groups is 3. The number of hydrogen-bond acceptors (Lipinski definition) is 17. The summed E-state index contributed by atoms with van der Waals surface area (Å²) in [6.45, 7) is 6.40. The van der Waals surface area contributed by atoms with E-state index in [1.54, 1.807) is 32.8 Å². The minimum absolute atomic E-state index is 0.0417. The normalized spacial score (nSPS) is 38.6. The molecule has 0 radical (unpaired) electrons. The fourth-order valence-corrected chi connectivity index (χ4v) is 9.68. The van der Waals surface area contributed by atoms with Crippen LogP contribution in [-0.4, -0.2) is 151 Å². The van der Waals surface area contributed by atoms with Gasteiger partial charge in [0.1, 0.15) is 58.8 Å². The van der Waals surface area contributed by atoms with Gasteiger partial charge >= 0.3 is 5.97 Å². The third kappa shape index (κ3) is 5.47. The minimum atomic E-state index is -1.91. The van der Waals surface area contributed by atoms with Gasteiger partial charge in [-0.05, 0) is 59.5 Å². The highest BCUT2D eigenvalue weighted by Crippen LogP contribution is 2.56. The summed E-state index contributed by atoms with van der Waals surface area (Å²) < 4.78 is 47.4. The number of rotatable bonds is 7. The molecular formula is C39H49NO16. The molecule has 0 amide bonds. The van der Waals surface area contributed by atoms with Crippen LogP contribution < -0.4 is 4.74 Å². The number of ether oxygens (including phenoxy) is 8. The van der Waals surface area contributed by atoms with E-state index >= 15 is 0 Å². The minimum Gasteiger partial charge on any atom is -0.507 e. The van der Waals surface area contributed by atoms with Crippen LogP contribution in [-0.2, 0) is 43.6 Å². The summed E-state index contributed by atoms with van der Waals surface area (Å²) in [7, 11) is 8.84. The molecule has 5 aliphatic rings. The summed E-state index contributed by atoms with van der Waals surface area (Å²) in [5, 5.41) is 58.3. The van der Waals surface area contributed by atoms with Crippen LogP contribution in [0.4, 0.5) is 0 Å². The first-order chi connectivity index (χ1) is 26.2. The number of fused-ring (bicyclic) bond motifs is 8. The first kappa shape index (κ1) is 40.4. The molecule has 5 N–H and O–H groups in total. The van der Waals surface area contributed by atoms with Gasteiger partial charge in [0.05, 0.1) is 47.7 Å². The number of likely N-dealkylation sites (N-methyl/N-ethyl adjacent to an activating group) is 1. The molecule has 13 atom stereocenters. The lowest BCUT2D eigenvalue weighted by atomic mass is 9.68. The van der Waals surface area contributed by atoms with E-state index in [2.05, 4.69) is 0 Å². The molecule has 56 heavy (non-hydrogen) atoms. The van der Waals surface area contributed by atoms with Crippen LogP contribution in [0.25, 0.3) is 0 Å². The van der Waals surface area contributed by atoms with Crippen molar-refractivity contribution < 1.29 is 77.8 Å². The van der Waals surface area contributed by atoms with Gasteiger partial charge in [-0.25, -0.2) is 0 Å². The van der Waals surface area contributed by atoms with Gasteiger partial charge in [0, 0.05) is 44.4 Å². The summed E-state index contributed by atoms with van der Waals surface area (Å²) in [6.07, 6.45) is -9.16. The maximum Gasteiger partial charge on any atom is 0.316 e. The zero-order valence-electron chi connectivity index (χ0n) is 32.8. The fourth-order valence-electron chi connectivity index (χ4n) is 9.68. The number of ketones is 2. The molecule has 3 heterocycles. The van der Waals surface area contributed by atoms with Crippen LogP contribution in [0.2, 0.25) is 0 Å². The number of nitrogens with zero attached hydrogens (tertiary/aromatic N) is 1. The topological polar surface area (TPSA) is 229 Å². The standard InChI is InChI=1S/C39H49NO16/c1-14-32(49-7)39(4,52-10)33(50-8)36(53-14)54-19-13-37(2,48)24(34(47)51-9)15-11-16-21(27(43)20(15)19)28(44)22-18(41)12-17-30(23(22)26(16)42)55-35-29(45)25(40(5)6)31(46)38(17,3)56-35/h11-12,14,19,24-25,29,31-33,35-36,41,43,45-46,48H,13H2,1-10H3/t14-,19-,24+,25-,29+,31-,32+,33-,35+,36+,37+,38-,39+/m1/s1. The largest absolute Gasteiger partial charge is 0.507 e. The Bertz CT molecular complexity index is 1980. The van der Waals surface area contributed by atoms with Crippen LogP contribution in [0.3, 0.4) is 0 Å². The van der Waals surface area contributed by atoms with E-state index < -0.39 is 124 Å². The Morgan fingerprint density at radius 1 is 0.946 bits per heavy atom. The quantitative estimate of drug-likeness (QED) is 0.212. The molecule has 0 spiro atoms. The lowest BCUT2D eigenvalue weighted by Crippen LogP contribution is -2.68. The van der Waals surface area contributed by atoms with Gasteiger partial charge in [0.15, 0.2) is 12.1 Å². The number of phenols is 2. The summed E-state index contributed by atoms with van der Waals surface area (Å²) in [4.78, 5) is 44.4. The second-order valence-electron chi connectivity index (χ2n) is 16.0. The smallest absolute Gasteiger partial charge is 0.316 e. The highest BCUT2D eigenvalue weighted by molar-refractivity contribution is 6.31. The van der Waals surface area contributed by atoms with Crippen molar-refractivity contribution in [3.63, 3.8) is 0 Å². The molecule has 0 aromatic heterocycles. The van der Waals surface area contributed by atoms with Crippen molar-refractivity contribution >= 4 is 17.5 Å². The molecule has 0 unspecified atom stereocenters. The Labute approximate surface area is 322 Å². The molecule has 2 bridgehead atoms. The molecule has 7 rings (SSSR count). The van der Waals surface area contributed by atoms with Gasteiger partial charge in [-0.3, -0.25) is 14.4 Å². The Hall–Kier alpha value is -3.75. The van der Waals surface area contributed by atoms with E-state index in [9.17, 15) is 39.9 Å². The van der Waals surface area contributed by atoms with Crippen LogP contribution >= 0.6 is 0 Å². The predicted octanol–water partition coefficient (Wildman–Crippen LogP) is 1.14. The number of benzene rings is 2. The van der Waals surface area contributed by atoms with Crippen molar-refractivity contribution in [1.82, 2.24) is 4.90 Å². The van der Waals surface area contributed by atoms with E-state index in [4.69, 9.17) is 37.9 Å². The second kappa shape index (κ2) is 13.7. The highest BCUT2D eigenvalue weighted by atomic mass is 16.7. The average molecular weight is 788 g/mol. The molecule has 2 fully saturated rings. The number of aliphatic hydroxyl groups is 3. The van der Waals surface area contributed by atoms with Crippen LogP contribution in [0.1, 0.15) is 94.7 Å². The molecule has 3 aliphatic heterocycles. The average Bonchev–Trinajstić information content (AvgIpc) is 3.12. The van der Waals surface area contributed by atoms with Crippen molar-refractivity contribution in [2.24, 2.45) is 0 Å². The van der Waals surface area contributed by atoms with Crippen molar-refractivity contribution in [2.75, 3.05) is 42.5 Å². The zero-order valence-corrected chi connectivity index (χ0v) is 32.8. The molecule has 0 saturated carbocycles. The Morgan fingerprint density at radius 2 is 1.61 bits per heavy atom. The SMILES string of the molecule is COC(=O)[C@@H]1c2cc3c(c(O)c2[C@H](O[C@@H]2O[C@H](C)[C@H](OC)[C@](C)(OC)[C@@H]2OC)C[C@]1(C)O)C(=O)c1c(O)cc2c(c1C3=O)O[C@H]1O[C@@]2(C)[C@H](O)[C@H](N(C)C)[C@@H]1O. The molecule has 17 heteroatoms. The Balaban J connectivity index is 1.40. The maximum atomic E-state index is 14.8. The van der Waals surface area contributed by atoms with Crippen LogP contribution in [0.15, 0.2) is 12.1 Å². The summed E-state index contributed by atoms with van der Waals surface area (Å²) in [5.74, 6) is -5.85.